The molecule has 1 aromatic heterocycles. The zero-order valence-corrected chi connectivity index (χ0v) is 13.3. The summed E-state index contributed by atoms with van der Waals surface area (Å²) >= 11 is 0. The molecule has 0 amide bonds. The van der Waals surface area contributed by atoms with Crippen LogP contribution in [0.1, 0.15) is 82.9 Å². The molecule has 1 aromatic rings. The number of aryl methyl sites for hydroxylation is 1. The van der Waals surface area contributed by atoms with Gasteiger partial charge in [-0.15, -0.1) is 0 Å². The number of nitrogens with one attached hydrogen (secondary N) is 1. The number of aromatic nitrogens is 2. The van der Waals surface area contributed by atoms with Crippen molar-refractivity contribution in [3.05, 3.63) is 18.0 Å². The quantitative estimate of drug-likeness (QED) is 0.347. The minimum atomic E-state index is 0.229. The fourth-order valence-electron chi connectivity index (χ4n) is 2.70. The topological polar surface area (TPSA) is 55.9 Å². The SMILES string of the molecule is CCCCCCCCCCCC(NN)c1ccnn1C. The highest BCUT2D eigenvalue weighted by molar-refractivity contribution is 5.05. The maximum Gasteiger partial charge on any atom is 0.0628 e. The molecular formula is C16H32N4. The fourth-order valence-corrected chi connectivity index (χ4v) is 2.70. The summed E-state index contributed by atoms with van der Waals surface area (Å²) in [5.41, 5.74) is 4.08. The summed E-state index contributed by atoms with van der Waals surface area (Å²) in [6.07, 6.45) is 15.2. The van der Waals surface area contributed by atoms with E-state index in [1.54, 1.807) is 0 Å². The lowest BCUT2D eigenvalue weighted by molar-refractivity contribution is 0.450. The van der Waals surface area contributed by atoms with Gasteiger partial charge in [0.25, 0.3) is 0 Å². The van der Waals surface area contributed by atoms with E-state index in [0.717, 1.165) is 6.42 Å². The molecule has 1 unspecified atom stereocenters. The van der Waals surface area contributed by atoms with Crippen LogP contribution in [0.25, 0.3) is 0 Å². The van der Waals surface area contributed by atoms with E-state index in [4.69, 9.17) is 5.84 Å². The van der Waals surface area contributed by atoms with Crippen LogP contribution >= 0.6 is 0 Å². The van der Waals surface area contributed by atoms with Gasteiger partial charge in [0.05, 0.1) is 11.7 Å². The molecule has 116 valence electrons. The van der Waals surface area contributed by atoms with Gasteiger partial charge in [-0.3, -0.25) is 16.0 Å². The van der Waals surface area contributed by atoms with E-state index in [1.165, 1.54) is 63.5 Å². The van der Waals surface area contributed by atoms with E-state index in [9.17, 15) is 0 Å². The highest BCUT2D eigenvalue weighted by Gasteiger charge is 2.12. The standard InChI is InChI=1S/C16H32N4/c1-3-4-5-6-7-8-9-10-11-12-15(19-17)16-13-14-18-20(16)2/h13-15,19H,3-12,17H2,1-2H3. The summed E-state index contributed by atoms with van der Waals surface area (Å²) in [4.78, 5) is 0. The molecule has 4 nitrogen and oxygen atoms in total. The van der Waals surface area contributed by atoms with Crippen LogP contribution < -0.4 is 11.3 Å². The molecule has 1 atom stereocenters. The molecular weight excluding hydrogens is 248 g/mol. The first-order valence-corrected chi connectivity index (χ1v) is 8.23. The Balaban J connectivity index is 2.04. The summed E-state index contributed by atoms with van der Waals surface area (Å²) < 4.78 is 1.90. The highest BCUT2D eigenvalue weighted by atomic mass is 15.3. The van der Waals surface area contributed by atoms with E-state index in [1.807, 2.05) is 24.0 Å². The minimum absolute atomic E-state index is 0.229. The van der Waals surface area contributed by atoms with Crippen molar-refractivity contribution in [2.24, 2.45) is 12.9 Å². The molecule has 3 N–H and O–H groups in total. The van der Waals surface area contributed by atoms with Gasteiger partial charge in [0, 0.05) is 13.2 Å². The zero-order valence-electron chi connectivity index (χ0n) is 13.3. The van der Waals surface area contributed by atoms with Crippen LogP contribution in [0.5, 0.6) is 0 Å². The van der Waals surface area contributed by atoms with Gasteiger partial charge in [-0.25, -0.2) is 0 Å². The Morgan fingerprint density at radius 3 is 2.20 bits per heavy atom. The van der Waals surface area contributed by atoms with Crippen LogP contribution in [0, 0.1) is 0 Å². The summed E-state index contributed by atoms with van der Waals surface area (Å²) in [6, 6.07) is 2.27. The second-order valence-electron chi connectivity index (χ2n) is 5.72. The van der Waals surface area contributed by atoms with Crippen molar-refractivity contribution in [1.29, 1.82) is 0 Å². The maximum atomic E-state index is 5.65. The van der Waals surface area contributed by atoms with Crippen LogP contribution in [0.4, 0.5) is 0 Å². The number of hydrogen-bond acceptors (Lipinski definition) is 3. The van der Waals surface area contributed by atoms with Crippen molar-refractivity contribution in [2.75, 3.05) is 0 Å². The third-order valence-electron chi connectivity index (χ3n) is 4.01. The number of hydrazine groups is 1. The highest BCUT2D eigenvalue weighted by Crippen LogP contribution is 2.19. The van der Waals surface area contributed by atoms with E-state index >= 15 is 0 Å². The number of unbranched alkanes of at least 4 members (excludes halogenated alkanes) is 8. The van der Waals surface area contributed by atoms with Gasteiger partial charge in [-0.05, 0) is 12.5 Å². The van der Waals surface area contributed by atoms with Crippen LogP contribution in [0.2, 0.25) is 0 Å². The zero-order chi connectivity index (χ0) is 14.6. The Morgan fingerprint density at radius 1 is 1.10 bits per heavy atom. The van der Waals surface area contributed by atoms with Crippen molar-refractivity contribution in [3.63, 3.8) is 0 Å². The predicted octanol–water partition coefficient (Wildman–Crippen LogP) is 3.85. The molecule has 0 saturated heterocycles. The van der Waals surface area contributed by atoms with Crippen molar-refractivity contribution in [2.45, 2.75) is 77.2 Å². The third kappa shape index (κ3) is 6.53. The summed E-state index contributed by atoms with van der Waals surface area (Å²) in [6.45, 7) is 2.27. The molecule has 1 rings (SSSR count). The van der Waals surface area contributed by atoms with Gasteiger partial charge >= 0.3 is 0 Å². The van der Waals surface area contributed by atoms with Gasteiger partial charge in [-0.1, -0.05) is 64.7 Å². The largest absolute Gasteiger partial charge is 0.271 e. The molecule has 0 saturated carbocycles. The van der Waals surface area contributed by atoms with E-state index in [2.05, 4.69) is 17.4 Å². The lowest BCUT2D eigenvalue weighted by atomic mass is 10.0. The lowest BCUT2D eigenvalue weighted by Gasteiger charge is -2.15. The van der Waals surface area contributed by atoms with E-state index < -0.39 is 0 Å². The first-order valence-electron chi connectivity index (χ1n) is 8.23. The summed E-state index contributed by atoms with van der Waals surface area (Å²) in [7, 11) is 1.97. The first-order chi connectivity index (χ1) is 9.79. The van der Waals surface area contributed by atoms with Gasteiger partial charge < -0.3 is 0 Å². The Labute approximate surface area is 124 Å². The summed E-state index contributed by atoms with van der Waals surface area (Å²) in [5, 5.41) is 4.20. The normalized spacial score (nSPS) is 12.8. The number of nitrogens with zero attached hydrogens (tertiary/aromatic N) is 2. The number of rotatable bonds is 12. The monoisotopic (exact) mass is 280 g/mol. The van der Waals surface area contributed by atoms with Crippen LogP contribution in [0.15, 0.2) is 12.3 Å². The Morgan fingerprint density at radius 2 is 1.70 bits per heavy atom. The predicted molar refractivity (Wildman–Crippen MR) is 85.1 cm³/mol. The van der Waals surface area contributed by atoms with Gasteiger partial charge in [0.1, 0.15) is 0 Å². The second-order valence-corrected chi connectivity index (χ2v) is 5.72. The van der Waals surface area contributed by atoms with Crippen LogP contribution in [-0.2, 0) is 7.05 Å². The molecule has 1 heterocycles. The Bertz CT molecular complexity index is 335. The van der Waals surface area contributed by atoms with Crippen LogP contribution in [-0.4, -0.2) is 9.78 Å². The average Bonchev–Trinajstić information content (AvgIpc) is 2.87. The van der Waals surface area contributed by atoms with Crippen molar-refractivity contribution < 1.29 is 0 Å². The van der Waals surface area contributed by atoms with Gasteiger partial charge in [0.2, 0.25) is 0 Å². The fraction of sp³-hybridized carbons (Fsp3) is 0.812. The van der Waals surface area contributed by atoms with Crippen molar-refractivity contribution in [1.82, 2.24) is 15.2 Å². The Hall–Kier alpha value is -0.870. The molecule has 0 aliphatic carbocycles. The van der Waals surface area contributed by atoms with Crippen molar-refractivity contribution in [3.8, 4) is 0 Å². The molecule has 0 spiro atoms. The minimum Gasteiger partial charge on any atom is -0.271 e. The molecule has 0 fully saturated rings. The smallest absolute Gasteiger partial charge is 0.0628 e. The third-order valence-corrected chi connectivity index (χ3v) is 4.01. The van der Waals surface area contributed by atoms with Gasteiger partial charge in [-0.2, -0.15) is 5.10 Å². The van der Waals surface area contributed by atoms with E-state index in [0.29, 0.717) is 0 Å². The second kappa shape index (κ2) is 10.9. The van der Waals surface area contributed by atoms with Gasteiger partial charge in [0.15, 0.2) is 0 Å². The molecule has 4 heteroatoms. The molecule has 0 aliphatic rings. The molecule has 0 radical (unpaired) electrons. The van der Waals surface area contributed by atoms with Crippen molar-refractivity contribution >= 4 is 0 Å². The maximum absolute atomic E-state index is 5.65. The molecule has 0 aromatic carbocycles. The molecule has 0 aliphatic heterocycles. The number of hydrogen-bond donors (Lipinski definition) is 2. The Kier molecular flexibility index (Phi) is 9.33. The molecule has 20 heavy (non-hydrogen) atoms. The number of nitrogens with two attached hydrogens (primary N) is 1. The summed E-state index contributed by atoms with van der Waals surface area (Å²) in [5.74, 6) is 5.65. The average molecular weight is 280 g/mol. The van der Waals surface area contributed by atoms with E-state index in [-0.39, 0.29) is 6.04 Å². The lowest BCUT2D eigenvalue weighted by Crippen LogP contribution is -2.29. The molecule has 0 bridgehead atoms. The first kappa shape index (κ1) is 17.2. The van der Waals surface area contributed by atoms with Crippen LogP contribution in [0.3, 0.4) is 0 Å².